The van der Waals surface area contributed by atoms with Crippen LogP contribution in [0.2, 0.25) is 0 Å². The first-order valence-electron chi connectivity index (χ1n) is 11.5. The van der Waals surface area contributed by atoms with Crippen molar-refractivity contribution in [1.29, 1.82) is 0 Å². The number of allylic oxidation sites excluding steroid dienone is 3. The molecule has 1 aromatic rings. The molecule has 0 amide bonds. The molecule has 0 bridgehead atoms. The minimum Gasteiger partial charge on any atom is -0.300 e. The predicted molar refractivity (Wildman–Crippen MR) is 129 cm³/mol. The number of hydrogen-bond donors (Lipinski definition) is 0. The van der Waals surface area contributed by atoms with Gasteiger partial charge in [0.25, 0.3) is 0 Å². The SMILES string of the molecule is C=C(C)/C(C(=C)CCc1ccc(CC(C)(C)CC)c(F)c1F)=C(\C)C1(N(C)C)CCC1. The normalized spacial score (nSPS) is 16.7. The van der Waals surface area contributed by atoms with Gasteiger partial charge in [-0.2, -0.15) is 0 Å². The molecule has 1 aromatic carbocycles. The van der Waals surface area contributed by atoms with Gasteiger partial charge in [0.15, 0.2) is 11.6 Å². The van der Waals surface area contributed by atoms with E-state index in [9.17, 15) is 8.78 Å². The fraction of sp³-hybridized carbons (Fsp3) is 0.571. The van der Waals surface area contributed by atoms with Crippen LogP contribution in [0.15, 0.2) is 47.6 Å². The van der Waals surface area contributed by atoms with Crippen LogP contribution < -0.4 is 0 Å². The maximum atomic E-state index is 14.8. The molecule has 1 aliphatic rings. The number of halogens is 2. The van der Waals surface area contributed by atoms with Crippen molar-refractivity contribution in [2.75, 3.05) is 14.1 Å². The van der Waals surface area contributed by atoms with Gasteiger partial charge in [-0.25, -0.2) is 8.78 Å². The van der Waals surface area contributed by atoms with Crippen molar-refractivity contribution in [1.82, 2.24) is 4.90 Å². The molecule has 1 aliphatic carbocycles. The Morgan fingerprint density at radius 2 is 1.61 bits per heavy atom. The molecule has 0 radical (unpaired) electrons. The Balaban J connectivity index is 2.23. The van der Waals surface area contributed by atoms with Crippen molar-refractivity contribution in [3.05, 3.63) is 70.3 Å². The Hall–Kier alpha value is -1.74. The van der Waals surface area contributed by atoms with Crippen molar-refractivity contribution in [3.63, 3.8) is 0 Å². The van der Waals surface area contributed by atoms with Gasteiger partial charge in [0.05, 0.1) is 0 Å². The zero-order chi connectivity index (χ0) is 23.6. The van der Waals surface area contributed by atoms with E-state index in [1.807, 2.05) is 6.92 Å². The summed E-state index contributed by atoms with van der Waals surface area (Å²) in [7, 11) is 4.25. The van der Waals surface area contributed by atoms with E-state index < -0.39 is 11.6 Å². The van der Waals surface area contributed by atoms with Crippen LogP contribution in [0.5, 0.6) is 0 Å². The fourth-order valence-electron chi connectivity index (χ4n) is 4.80. The van der Waals surface area contributed by atoms with Gasteiger partial charge in [-0.05, 0) is 99.7 Å². The Labute approximate surface area is 188 Å². The van der Waals surface area contributed by atoms with Gasteiger partial charge in [0.1, 0.15) is 0 Å². The summed E-state index contributed by atoms with van der Waals surface area (Å²) < 4.78 is 29.6. The molecule has 0 heterocycles. The predicted octanol–water partition coefficient (Wildman–Crippen LogP) is 7.81. The van der Waals surface area contributed by atoms with Crippen molar-refractivity contribution < 1.29 is 8.78 Å². The lowest BCUT2D eigenvalue weighted by Gasteiger charge is -2.49. The van der Waals surface area contributed by atoms with Crippen LogP contribution in [-0.4, -0.2) is 24.5 Å². The molecular weight excluding hydrogens is 388 g/mol. The van der Waals surface area contributed by atoms with Crippen LogP contribution in [0.1, 0.15) is 77.8 Å². The summed E-state index contributed by atoms with van der Waals surface area (Å²) in [6, 6.07) is 3.50. The standard InChI is InChI=1S/C28H41F2N/c1-10-27(6,7)18-23-15-14-22(25(29)26(23)30)13-12-20(4)24(19(2)3)21(5)28(31(8)9)16-11-17-28/h14-15H,2,4,10-13,16-18H2,1,3,5-9H3/b24-21-. The highest BCUT2D eigenvalue weighted by Gasteiger charge is 2.42. The van der Waals surface area contributed by atoms with Crippen LogP contribution in [0.25, 0.3) is 0 Å². The molecule has 1 fully saturated rings. The summed E-state index contributed by atoms with van der Waals surface area (Å²) >= 11 is 0. The number of likely N-dealkylation sites (N-methyl/N-ethyl adjacent to an activating group) is 1. The molecule has 0 aromatic heterocycles. The highest BCUT2D eigenvalue weighted by atomic mass is 19.2. The summed E-state index contributed by atoms with van der Waals surface area (Å²) in [5.41, 5.74) is 5.23. The lowest BCUT2D eigenvalue weighted by Crippen LogP contribution is -2.51. The Morgan fingerprint density at radius 3 is 2.06 bits per heavy atom. The van der Waals surface area contributed by atoms with Crippen LogP contribution in [0.3, 0.4) is 0 Å². The van der Waals surface area contributed by atoms with Crippen molar-refractivity contribution in [2.45, 2.75) is 85.1 Å². The largest absolute Gasteiger partial charge is 0.300 e. The third kappa shape index (κ3) is 5.37. The molecule has 0 atom stereocenters. The molecule has 1 saturated carbocycles. The Morgan fingerprint density at radius 1 is 1.06 bits per heavy atom. The number of hydrogen-bond acceptors (Lipinski definition) is 1. The molecule has 0 N–H and O–H groups in total. The maximum absolute atomic E-state index is 14.8. The lowest BCUT2D eigenvalue weighted by molar-refractivity contribution is 0.0977. The van der Waals surface area contributed by atoms with Crippen LogP contribution in [0.4, 0.5) is 8.78 Å². The van der Waals surface area contributed by atoms with Crippen molar-refractivity contribution >= 4 is 0 Å². The van der Waals surface area contributed by atoms with E-state index in [-0.39, 0.29) is 11.0 Å². The molecule has 1 nitrogen and oxygen atoms in total. The molecule has 172 valence electrons. The van der Waals surface area contributed by atoms with Crippen LogP contribution in [0, 0.1) is 17.0 Å². The third-order valence-electron chi connectivity index (χ3n) is 7.45. The topological polar surface area (TPSA) is 3.24 Å². The lowest BCUT2D eigenvalue weighted by atomic mass is 9.68. The second-order valence-corrected chi connectivity index (χ2v) is 10.4. The fourth-order valence-corrected chi connectivity index (χ4v) is 4.80. The van der Waals surface area contributed by atoms with E-state index >= 15 is 0 Å². The quantitative estimate of drug-likeness (QED) is 0.343. The Bertz CT molecular complexity index is 869. The summed E-state index contributed by atoms with van der Waals surface area (Å²) in [6.07, 6.45) is 5.94. The van der Waals surface area contributed by atoms with Gasteiger partial charge >= 0.3 is 0 Å². The maximum Gasteiger partial charge on any atom is 0.162 e. The zero-order valence-corrected chi connectivity index (χ0v) is 20.7. The van der Waals surface area contributed by atoms with Crippen LogP contribution in [-0.2, 0) is 12.8 Å². The molecular formula is C28H41F2N. The molecule has 0 spiro atoms. The molecule has 31 heavy (non-hydrogen) atoms. The van der Waals surface area contributed by atoms with Gasteiger partial charge in [0.2, 0.25) is 0 Å². The first kappa shape index (κ1) is 25.5. The monoisotopic (exact) mass is 429 g/mol. The minimum atomic E-state index is -0.710. The van der Waals surface area contributed by atoms with E-state index in [0.29, 0.717) is 30.4 Å². The van der Waals surface area contributed by atoms with E-state index in [2.05, 4.69) is 59.8 Å². The van der Waals surface area contributed by atoms with Gasteiger partial charge in [0, 0.05) is 5.54 Å². The summed E-state index contributed by atoms with van der Waals surface area (Å²) in [5, 5.41) is 0. The average molecular weight is 430 g/mol. The molecule has 0 aliphatic heterocycles. The first-order valence-corrected chi connectivity index (χ1v) is 11.5. The molecule has 2 rings (SSSR count). The zero-order valence-electron chi connectivity index (χ0n) is 20.7. The van der Waals surface area contributed by atoms with Gasteiger partial charge in [-0.15, -0.1) is 0 Å². The van der Waals surface area contributed by atoms with Gasteiger partial charge < -0.3 is 0 Å². The average Bonchev–Trinajstić information content (AvgIpc) is 2.63. The first-order chi connectivity index (χ1) is 14.4. The number of aryl methyl sites for hydroxylation is 1. The smallest absolute Gasteiger partial charge is 0.162 e. The van der Waals surface area contributed by atoms with Crippen LogP contribution >= 0.6 is 0 Å². The highest BCUT2D eigenvalue weighted by molar-refractivity contribution is 5.50. The minimum absolute atomic E-state index is 0.0499. The molecule has 3 heteroatoms. The second kappa shape index (κ2) is 9.81. The molecule has 0 saturated heterocycles. The van der Waals surface area contributed by atoms with Crippen molar-refractivity contribution in [2.24, 2.45) is 5.41 Å². The van der Waals surface area contributed by atoms with Gasteiger partial charge in [-0.1, -0.05) is 58.1 Å². The van der Waals surface area contributed by atoms with E-state index in [1.54, 1.807) is 12.1 Å². The van der Waals surface area contributed by atoms with E-state index in [0.717, 1.165) is 36.0 Å². The number of rotatable bonds is 10. The summed E-state index contributed by atoms with van der Waals surface area (Å²) in [6.45, 7) is 18.9. The number of benzene rings is 1. The van der Waals surface area contributed by atoms with Crippen molar-refractivity contribution in [3.8, 4) is 0 Å². The van der Waals surface area contributed by atoms with E-state index in [4.69, 9.17) is 0 Å². The Kier molecular flexibility index (Phi) is 8.08. The third-order valence-corrected chi connectivity index (χ3v) is 7.45. The summed E-state index contributed by atoms with van der Waals surface area (Å²) in [5.74, 6) is -1.41. The van der Waals surface area contributed by atoms with Gasteiger partial charge in [-0.3, -0.25) is 4.90 Å². The highest BCUT2D eigenvalue weighted by Crippen LogP contribution is 2.45. The number of nitrogens with zero attached hydrogens (tertiary/aromatic N) is 1. The summed E-state index contributed by atoms with van der Waals surface area (Å²) in [4.78, 5) is 2.30. The van der Waals surface area contributed by atoms with E-state index in [1.165, 1.54) is 12.0 Å². The second-order valence-electron chi connectivity index (χ2n) is 10.4. The molecule has 0 unspecified atom stereocenters.